The Labute approximate surface area is 115 Å². The number of rotatable bonds is 9. The van der Waals surface area contributed by atoms with E-state index >= 15 is 0 Å². The average Bonchev–Trinajstić information content (AvgIpc) is 2.44. The van der Waals surface area contributed by atoms with Gasteiger partial charge in [-0.3, -0.25) is 15.6 Å². The molecule has 1 rings (SSSR count). The van der Waals surface area contributed by atoms with E-state index in [1.807, 2.05) is 30.3 Å². The highest BCUT2D eigenvalue weighted by Gasteiger charge is 2.07. The highest BCUT2D eigenvalue weighted by Crippen LogP contribution is 2.08. The smallest absolute Gasteiger partial charge is 0.238 e. The summed E-state index contributed by atoms with van der Waals surface area (Å²) in [5, 5.41) is 9.71. The lowest BCUT2D eigenvalue weighted by atomic mass is 10.1. The van der Waals surface area contributed by atoms with Crippen molar-refractivity contribution < 1.29 is 9.90 Å². The maximum Gasteiger partial charge on any atom is 0.238 e. The highest BCUT2D eigenvalue weighted by molar-refractivity contribution is 5.77. The summed E-state index contributed by atoms with van der Waals surface area (Å²) in [7, 11) is 0. The zero-order valence-corrected chi connectivity index (χ0v) is 11.6. The molecule has 4 heteroatoms. The summed E-state index contributed by atoms with van der Waals surface area (Å²) in [5.74, 6) is -0.0987. The SMILES string of the molecule is CCCCC[C@H](O)CCC(=O)NNc1ccccc1. The minimum atomic E-state index is -0.367. The van der Waals surface area contributed by atoms with E-state index in [0.717, 1.165) is 31.4 Å². The summed E-state index contributed by atoms with van der Waals surface area (Å²) in [6.07, 6.45) is 4.59. The molecule has 3 N–H and O–H groups in total. The topological polar surface area (TPSA) is 61.4 Å². The molecule has 0 aliphatic heterocycles. The minimum Gasteiger partial charge on any atom is -0.393 e. The van der Waals surface area contributed by atoms with Gasteiger partial charge in [0.15, 0.2) is 0 Å². The first-order valence-corrected chi connectivity index (χ1v) is 7.00. The molecule has 0 bridgehead atoms. The van der Waals surface area contributed by atoms with Gasteiger partial charge in [-0.15, -0.1) is 0 Å². The van der Waals surface area contributed by atoms with Gasteiger partial charge in [0.25, 0.3) is 0 Å². The Morgan fingerprint density at radius 1 is 1.21 bits per heavy atom. The lowest BCUT2D eigenvalue weighted by Crippen LogP contribution is -2.29. The molecule has 0 radical (unpaired) electrons. The quantitative estimate of drug-likeness (QED) is 0.475. The van der Waals surface area contributed by atoms with Gasteiger partial charge in [0.1, 0.15) is 0 Å². The van der Waals surface area contributed by atoms with Crippen LogP contribution in [0.15, 0.2) is 30.3 Å². The van der Waals surface area contributed by atoms with E-state index in [1.165, 1.54) is 0 Å². The first-order valence-electron chi connectivity index (χ1n) is 7.00. The first kappa shape index (κ1) is 15.5. The van der Waals surface area contributed by atoms with E-state index < -0.39 is 0 Å². The summed E-state index contributed by atoms with van der Waals surface area (Å²) in [6, 6.07) is 9.46. The van der Waals surface area contributed by atoms with Crippen molar-refractivity contribution >= 4 is 11.6 Å². The third kappa shape index (κ3) is 7.47. The second-order valence-electron chi connectivity index (χ2n) is 4.73. The number of nitrogens with one attached hydrogen (secondary N) is 2. The van der Waals surface area contributed by atoms with Crippen molar-refractivity contribution in [3.63, 3.8) is 0 Å². The molecule has 0 aliphatic carbocycles. The number of benzene rings is 1. The minimum absolute atomic E-state index is 0.0987. The molecule has 1 aromatic rings. The number of carbonyl (C=O) groups excluding carboxylic acids is 1. The number of amides is 1. The number of carbonyl (C=O) groups is 1. The Morgan fingerprint density at radius 3 is 2.63 bits per heavy atom. The average molecular weight is 264 g/mol. The molecule has 1 atom stereocenters. The monoisotopic (exact) mass is 264 g/mol. The number of hydrogen-bond donors (Lipinski definition) is 3. The van der Waals surface area contributed by atoms with Crippen molar-refractivity contribution in [1.82, 2.24) is 5.43 Å². The van der Waals surface area contributed by atoms with Gasteiger partial charge in [-0.05, 0) is 25.0 Å². The Hall–Kier alpha value is -1.55. The highest BCUT2D eigenvalue weighted by atomic mass is 16.3. The molecule has 1 aromatic carbocycles. The molecule has 0 saturated heterocycles. The summed E-state index contributed by atoms with van der Waals surface area (Å²) in [5.41, 5.74) is 6.31. The second kappa shape index (κ2) is 9.39. The first-order chi connectivity index (χ1) is 9.22. The fourth-order valence-corrected chi connectivity index (χ4v) is 1.80. The molecule has 1 amide bonds. The Bertz CT molecular complexity index is 354. The summed E-state index contributed by atoms with van der Waals surface area (Å²) >= 11 is 0. The number of aliphatic hydroxyl groups excluding tert-OH is 1. The normalized spacial score (nSPS) is 11.9. The number of para-hydroxylation sites is 1. The van der Waals surface area contributed by atoms with E-state index in [9.17, 15) is 9.90 Å². The molecule has 0 unspecified atom stereocenters. The molecule has 0 aliphatic rings. The van der Waals surface area contributed by atoms with Crippen LogP contribution in [0, 0.1) is 0 Å². The van der Waals surface area contributed by atoms with E-state index in [0.29, 0.717) is 12.8 Å². The van der Waals surface area contributed by atoms with Crippen LogP contribution < -0.4 is 10.9 Å². The zero-order chi connectivity index (χ0) is 13.9. The zero-order valence-electron chi connectivity index (χ0n) is 11.6. The van der Waals surface area contributed by atoms with Gasteiger partial charge in [-0.1, -0.05) is 44.4 Å². The second-order valence-corrected chi connectivity index (χ2v) is 4.73. The third-order valence-electron chi connectivity index (χ3n) is 2.97. The number of unbranched alkanes of at least 4 members (excludes halogenated alkanes) is 2. The van der Waals surface area contributed by atoms with Crippen molar-refractivity contribution in [3.8, 4) is 0 Å². The van der Waals surface area contributed by atoms with Gasteiger partial charge in [0, 0.05) is 6.42 Å². The predicted molar refractivity (Wildman–Crippen MR) is 77.6 cm³/mol. The van der Waals surface area contributed by atoms with Crippen LogP contribution in [0.25, 0.3) is 0 Å². The van der Waals surface area contributed by atoms with Crippen molar-refractivity contribution in [1.29, 1.82) is 0 Å². The largest absolute Gasteiger partial charge is 0.393 e. The molecule has 106 valence electrons. The van der Waals surface area contributed by atoms with Gasteiger partial charge >= 0.3 is 0 Å². The molecular formula is C15H24N2O2. The van der Waals surface area contributed by atoms with Crippen LogP contribution in [-0.2, 0) is 4.79 Å². The fourth-order valence-electron chi connectivity index (χ4n) is 1.80. The molecule has 0 fully saturated rings. The third-order valence-corrected chi connectivity index (χ3v) is 2.97. The summed E-state index contributed by atoms with van der Waals surface area (Å²) < 4.78 is 0. The van der Waals surface area contributed by atoms with E-state index in [4.69, 9.17) is 0 Å². The summed E-state index contributed by atoms with van der Waals surface area (Å²) in [4.78, 5) is 11.6. The lowest BCUT2D eigenvalue weighted by Gasteiger charge is -2.11. The molecule has 0 heterocycles. The van der Waals surface area contributed by atoms with Gasteiger partial charge < -0.3 is 5.11 Å². The van der Waals surface area contributed by atoms with E-state index in [1.54, 1.807) is 0 Å². The Morgan fingerprint density at radius 2 is 1.95 bits per heavy atom. The molecular weight excluding hydrogens is 240 g/mol. The standard InChI is InChI=1S/C15H24N2O2/c1-2-3-5-10-14(18)11-12-15(19)17-16-13-8-6-4-7-9-13/h4,6-9,14,16,18H,2-3,5,10-12H2,1H3,(H,17,19)/t14-/m0/s1. The van der Waals surface area contributed by atoms with Crippen LogP contribution in [0.5, 0.6) is 0 Å². The maximum atomic E-state index is 11.6. The van der Waals surface area contributed by atoms with Crippen LogP contribution in [0.3, 0.4) is 0 Å². The number of aliphatic hydroxyl groups is 1. The van der Waals surface area contributed by atoms with Crippen LogP contribution in [-0.4, -0.2) is 17.1 Å². The van der Waals surface area contributed by atoms with Crippen LogP contribution in [0.1, 0.15) is 45.4 Å². The molecule has 4 nitrogen and oxygen atoms in total. The van der Waals surface area contributed by atoms with Gasteiger partial charge in [-0.2, -0.15) is 0 Å². The number of anilines is 1. The maximum absolute atomic E-state index is 11.6. The Balaban J connectivity index is 2.11. The molecule has 0 aromatic heterocycles. The van der Waals surface area contributed by atoms with Crippen molar-refractivity contribution in [3.05, 3.63) is 30.3 Å². The summed E-state index contributed by atoms with van der Waals surface area (Å²) in [6.45, 7) is 2.13. The Kier molecular flexibility index (Phi) is 7.66. The van der Waals surface area contributed by atoms with Crippen LogP contribution >= 0.6 is 0 Å². The van der Waals surface area contributed by atoms with Gasteiger partial charge in [0.2, 0.25) is 5.91 Å². The van der Waals surface area contributed by atoms with Crippen molar-refractivity contribution in [2.24, 2.45) is 0 Å². The van der Waals surface area contributed by atoms with Gasteiger partial charge in [0.05, 0.1) is 11.8 Å². The van der Waals surface area contributed by atoms with Crippen LogP contribution in [0.2, 0.25) is 0 Å². The molecule has 0 saturated carbocycles. The number of hydrazine groups is 1. The molecule has 0 spiro atoms. The number of hydrogen-bond acceptors (Lipinski definition) is 3. The fraction of sp³-hybridized carbons (Fsp3) is 0.533. The van der Waals surface area contributed by atoms with E-state index in [-0.39, 0.29) is 12.0 Å². The molecule has 19 heavy (non-hydrogen) atoms. The lowest BCUT2D eigenvalue weighted by molar-refractivity contribution is -0.121. The van der Waals surface area contributed by atoms with E-state index in [2.05, 4.69) is 17.8 Å². The predicted octanol–water partition coefficient (Wildman–Crippen LogP) is 2.85. The van der Waals surface area contributed by atoms with Crippen molar-refractivity contribution in [2.75, 3.05) is 5.43 Å². The van der Waals surface area contributed by atoms with Crippen LogP contribution in [0.4, 0.5) is 5.69 Å². The van der Waals surface area contributed by atoms with Crippen molar-refractivity contribution in [2.45, 2.75) is 51.6 Å². The van der Waals surface area contributed by atoms with Gasteiger partial charge in [-0.25, -0.2) is 0 Å².